The lowest BCUT2D eigenvalue weighted by Gasteiger charge is -2.41. The molecule has 468 valence electrons. The largest absolute Gasteiger partial charge is 0.445 e. The first-order valence-corrected chi connectivity index (χ1v) is 29.9. The van der Waals surface area contributed by atoms with E-state index in [9.17, 15) is 48.3 Å². The van der Waals surface area contributed by atoms with Crippen molar-refractivity contribution in [1.82, 2.24) is 40.9 Å². The standard InChI is InChI=1S/C63H92N8O14/c1-13-40(6)55(49(82-11)36-52(74)70-33-22-27-47(70)57(83-12)41(7)58(76)65-42(8)56(75)44-23-18-17-19-24-44)68(9)61(79)53(38(2)3)67-60(78)54(39(4)5)69(10)63(81)84-37-43-28-29-48(85-62(80)66-45-25-20-15-14-16-21-26-45)46(35-43)59(77)64-32-34-71-50(72)30-31-51(71)73/h17-20,23-25,28-31,35,38-42,45,47,49,53-57,75H,13-16,21-22,26-27,32-34,36-37H2,1-12H3,(H,64,77)(H,65,76)(H,66,80)(H,67,78)/b25-20+/t40-,41+,42+,45?,47-,49+,53-,54-,55-,56+,57+/m0/s1. The number of methoxy groups -OCH3 is 2. The van der Waals surface area contributed by atoms with Crippen LogP contribution < -0.4 is 26.0 Å². The summed E-state index contributed by atoms with van der Waals surface area (Å²) in [6.45, 7) is 14.3. The molecule has 0 saturated carbocycles. The van der Waals surface area contributed by atoms with Gasteiger partial charge in [-0.15, -0.1) is 0 Å². The average molecular weight is 1190 g/mol. The molecule has 0 bridgehead atoms. The highest BCUT2D eigenvalue weighted by Gasteiger charge is 2.44. The Bertz CT molecular complexity index is 2670. The van der Waals surface area contributed by atoms with Gasteiger partial charge in [0.2, 0.25) is 23.6 Å². The molecule has 9 amide bonds. The number of nitrogens with one attached hydrogen (secondary N) is 4. The van der Waals surface area contributed by atoms with Gasteiger partial charge in [0.15, 0.2) is 0 Å². The molecule has 1 aliphatic carbocycles. The molecule has 2 aliphatic heterocycles. The maximum Gasteiger partial charge on any atom is 0.413 e. The van der Waals surface area contributed by atoms with E-state index in [4.69, 9.17) is 18.9 Å². The van der Waals surface area contributed by atoms with Gasteiger partial charge >= 0.3 is 12.2 Å². The van der Waals surface area contributed by atoms with Crippen LogP contribution in [0.5, 0.6) is 5.75 Å². The lowest BCUT2D eigenvalue weighted by molar-refractivity contribution is -0.148. The topological polar surface area (TPSA) is 272 Å². The van der Waals surface area contributed by atoms with Crippen molar-refractivity contribution in [2.75, 3.05) is 47.9 Å². The molecule has 2 aromatic rings. The Morgan fingerprint density at radius 2 is 1.49 bits per heavy atom. The molecule has 2 aromatic carbocycles. The zero-order valence-electron chi connectivity index (χ0n) is 51.7. The highest BCUT2D eigenvalue weighted by Crippen LogP contribution is 2.31. The first kappa shape index (κ1) is 68.6. The number of carbonyl (C=O) groups excluding carboxylic acids is 9. The molecule has 5 N–H and O–H groups in total. The molecule has 85 heavy (non-hydrogen) atoms. The second-order valence-electron chi connectivity index (χ2n) is 23.3. The predicted octanol–water partition coefficient (Wildman–Crippen LogP) is 6.21. The second-order valence-corrected chi connectivity index (χ2v) is 23.3. The summed E-state index contributed by atoms with van der Waals surface area (Å²) < 4.78 is 23.4. The van der Waals surface area contributed by atoms with Crippen LogP contribution in [0.2, 0.25) is 0 Å². The van der Waals surface area contributed by atoms with E-state index < -0.39 is 108 Å². The Hall–Kier alpha value is -7.17. The maximum absolute atomic E-state index is 14.8. The van der Waals surface area contributed by atoms with Crippen molar-refractivity contribution < 1.29 is 67.2 Å². The van der Waals surface area contributed by atoms with Gasteiger partial charge in [-0.2, -0.15) is 0 Å². The van der Waals surface area contributed by atoms with Crippen molar-refractivity contribution in [3.05, 3.63) is 89.5 Å². The van der Waals surface area contributed by atoms with Crippen LogP contribution in [0, 0.1) is 23.7 Å². The van der Waals surface area contributed by atoms with Crippen LogP contribution in [-0.2, 0) is 49.6 Å². The zero-order valence-corrected chi connectivity index (χ0v) is 51.7. The molecule has 3 aliphatic rings. The van der Waals surface area contributed by atoms with Crippen LogP contribution in [-0.4, -0.2) is 175 Å². The van der Waals surface area contributed by atoms with Gasteiger partial charge in [0.05, 0.1) is 60.4 Å². The third kappa shape index (κ3) is 18.7. The maximum atomic E-state index is 14.8. The van der Waals surface area contributed by atoms with Gasteiger partial charge < -0.3 is 55.1 Å². The Morgan fingerprint density at radius 3 is 2.13 bits per heavy atom. The number of allylic oxidation sites excluding steroid dienone is 1. The minimum Gasteiger partial charge on any atom is -0.445 e. The highest BCUT2D eigenvalue weighted by molar-refractivity contribution is 6.13. The number of rotatable bonds is 28. The summed E-state index contributed by atoms with van der Waals surface area (Å²) in [5, 5.41) is 22.3. The molecule has 0 aromatic heterocycles. The monoisotopic (exact) mass is 1180 g/mol. The number of benzene rings is 2. The molecule has 0 spiro atoms. The van der Waals surface area contributed by atoms with Crippen LogP contribution in [0.1, 0.15) is 141 Å². The third-order valence-electron chi connectivity index (χ3n) is 16.5. The van der Waals surface area contributed by atoms with E-state index in [1.807, 2.05) is 44.2 Å². The molecule has 11 atom stereocenters. The van der Waals surface area contributed by atoms with Crippen molar-refractivity contribution in [2.45, 2.75) is 174 Å². The van der Waals surface area contributed by atoms with Crippen molar-refractivity contribution in [1.29, 1.82) is 0 Å². The van der Waals surface area contributed by atoms with E-state index in [0.717, 1.165) is 47.6 Å². The van der Waals surface area contributed by atoms with Crippen molar-refractivity contribution in [3.8, 4) is 5.75 Å². The predicted molar refractivity (Wildman–Crippen MR) is 318 cm³/mol. The van der Waals surface area contributed by atoms with Gasteiger partial charge in [-0.1, -0.05) is 116 Å². The minimum atomic E-state index is -1.13. The zero-order chi connectivity index (χ0) is 62.7. The van der Waals surface area contributed by atoms with Crippen LogP contribution in [0.4, 0.5) is 9.59 Å². The number of carbonyl (C=O) groups is 9. The number of aliphatic hydroxyl groups is 1. The number of amides is 9. The van der Waals surface area contributed by atoms with Gasteiger partial charge in [-0.05, 0) is 80.0 Å². The van der Waals surface area contributed by atoms with Gasteiger partial charge in [0, 0.05) is 60.1 Å². The van der Waals surface area contributed by atoms with Gasteiger partial charge in [-0.25, -0.2) is 9.59 Å². The Kier molecular flexibility index (Phi) is 26.6. The quantitative estimate of drug-likeness (QED) is 0.0468. The van der Waals surface area contributed by atoms with E-state index in [1.165, 1.54) is 39.5 Å². The number of likely N-dealkylation sites (N-methyl/N-ethyl adjacent to an activating group) is 2. The molecule has 1 unspecified atom stereocenters. The summed E-state index contributed by atoms with van der Waals surface area (Å²) in [6, 6.07) is 9.21. The van der Waals surface area contributed by atoms with E-state index >= 15 is 0 Å². The van der Waals surface area contributed by atoms with Gasteiger partial charge in [0.1, 0.15) is 24.4 Å². The number of aliphatic hydroxyl groups excluding tert-OH is 1. The fourth-order valence-corrected chi connectivity index (χ4v) is 11.5. The van der Waals surface area contributed by atoms with Crippen molar-refractivity contribution in [2.24, 2.45) is 23.7 Å². The van der Waals surface area contributed by atoms with E-state index in [1.54, 1.807) is 70.5 Å². The molecule has 2 heterocycles. The fourth-order valence-electron chi connectivity index (χ4n) is 11.5. The third-order valence-corrected chi connectivity index (χ3v) is 16.5. The Labute approximate surface area is 501 Å². The number of ether oxygens (including phenoxy) is 4. The molecule has 0 radical (unpaired) electrons. The smallest absolute Gasteiger partial charge is 0.413 e. The molecule has 5 rings (SSSR count). The van der Waals surface area contributed by atoms with Crippen LogP contribution in [0.15, 0.2) is 72.8 Å². The van der Waals surface area contributed by atoms with E-state index in [0.29, 0.717) is 43.4 Å². The number of hydrogen-bond donors (Lipinski definition) is 5. The summed E-state index contributed by atoms with van der Waals surface area (Å²) in [6.07, 6.45) is 8.54. The van der Waals surface area contributed by atoms with Gasteiger partial charge in [-0.3, -0.25) is 43.4 Å². The summed E-state index contributed by atoms with van der Waals surface area (Å²) >= 11 is 0. The van der Waals surface area contributed by atoms with Gasteiger partial charge in [0.25, 0.3) is 17.7 Å². The number of nitrogens with zero attached hydrogens (tertiary/aromatic N) is 4. The van der Waals surface area contributed by atoms with Crippen LogP contribution in [0.3, 0.4) is 0 Å². The Balaban J connectivity index is 1.26. The second kappa shape index (κ2) is 32.9. The average Bonchev–Trinajstić information content (AvgIpc) is 3.70. The minimum absolute atomic E-state index is 0.0909. The molecular formula is C63H92N8O14. The summed E-state index contributed by atoms with van der Waals surface area (Å²) in [7, 11) is 6.05. The normalized spacial score (nSPS) is 19.7. The van der Waals surface area contributed by atoms with Crippen LogP contribution >= 0.6 is 0 Å². The molecule has 1 fully saturated rings. The lowest BCUT2D eigenvalue weighted by Crippen LogP contribution is -2.60. The molecule has 1 saturated heterocycles. The summed E-state index contributed by atoms with van der Waals surface area (Å²) in [5.41, 5.74) is 0.901. The molecule has 22 heteroatoms. The molecular weight excluding hydrogens is 1090 g/mol. The first-order valence-electron chi connectivity index (χ1n) is 29.9. The van der Waals surface area contributed by atoms with Crippen molar-refractivity contribution >= 4 is 53.5 Å². The van der Waals surface area contributed by atoms with Crippen molar-refractivity contribution in [3.63, 3.8) is 0 Å². The number of imide groups is 1. The highest BCUT2D eigenvalue weighted by atomic mass is 16.6. The summed E-state index contributed by atoms with van der Waals surface area (Å²) in [5.74, 6) is -5.21. The van der Waals surface area contributed by atoms with E-state index in [2.05, 4.69) is 21.3 Å². The number of hydrogen-bond acceptors (Lipinski definition) is 14. The Morgan fingerprint density at radius 1 is 0.800 bits per heavy atom. The first-order chi connectivity index (χ1) is 40.4. The SMILES string of the molecule is CC[C@H](C)[C@@H]([C@@H](CC(=O)N1CCC[C@H]1[C@H](OC)[C@@H](C)C(=O)N[C@H](C)[C@@H](O)c1ccccc1)OC)N(C)C(=O)[C@@H](NC(=O)[C@H](C(C)C)N(C)C(=O)OCc1ccc(OC(=O)NC2/C=C/CCCCC2)c(C(=O)NCCN2C(=O)C=CC2=O)c1)C(C)C. The van der Waals surface area contributed by atoms with Crippen LogP contribution in [0.25, 0.3) is 0 Å². The van der Waals surface area contributed by atoms with E-state index in [-0.39, 0.29) is 61.2 Å². The number of likely N-dealkylation sites (tertiary alicyclic amines) is 1. The molecule has 22 nitrogen and oxygen atoms in total. The summed E-state index contributed by atoms with van der Waals surface area (Å²) in [4.78, 5) is 128. The fraction of sp³-hybridized carbons (Fsp3) is 0.603. The lowest BCUT2D eigenvalue weighted by atomic mass is 9.89.